The highest BCUT2D eigenvalue weighted by Gasteiger charge is 2.33. The molecule has 1 aliphatic rings. The Labute approximate surface area is 94.0 Å². The van der Waals surface area contributed by atoms with Crippen molar-refractivity contribution in [2.75, 3.05) is 6.61 Å². The van der Waals surface area contributed by atoms with Gasteiger partial charge in [0.2, 0.25) is 0 Å². The molecular weight excluding hydrogens is 209 g/mol. The monoisotopic (exact) mass is 225 g/mol. The smallest absolute Gasteiger partial charge is 0.146 e. The Morgan fingerprint density at radius 3 is 3.06 bits per heavy atom. The van der Waals surface area contributed by atoms with Crippen molar-refractivity contribution in [3.63, 3.8) is 0 Å². The van der Waals surface area contributed by atoms with Crippen molar-refractivity contribution in [2.24, 2.45) is 11.8 Å². The molecule has 0 aliphatic carbocycles. The molecule has 1 saturated heterocycles. The Morgan fingerprint density at radius 1 is 1.69 bits per heavy atom. The third-order valence-electron chi connectivity index (χ3n) is 3.09. The van der Waals surface area contributed by atoms with Crippen LogP contribution in [0.25, 0.3) is 0 Å². The number of hydrazine groups is 1. The minimum atomic E-state index is -0.354. The van der Waals surface area contributed by atoms with Gasteiger partial charge in [0, 0.05) is 18.4 Å². The van der Waals surface area contributed by atoms with Gasteiger partial charge in [-0.05, 0) is 18.4 Å². The van der Waals surface area contributed by atoms with E-state index in [1.807, 2.05) is 0 Å². The molecule has 2 heterocycles. The largest absolute Gasteiger partial charge is 0.376 e. The minimum absolute atomic E-state index is 0.0816. The Morgan fingerprint density at radius 2 is 2.50 bits per heavy atom. The van der Waals surface area contributed by atoms with Crippen molar-refractivity contribution in [3.8, 4) is 0 Å². The first-order valence-corrected chi connectivity index (χ1v) is 5.41. The van der Waals surface area contributed by atoms with E-state index in [1.165, 1.54) is 6.20 Å². The minimum Gasteiger partial charge on any atom is -0.376 e. The summed E-state index contributed by atoms with van der Waals surface area (Å²) in [6.45, 7) is 2.79. The molecule has 16 heavy (non-hydrogen) atoms. The predicted molar refractivity (Wildman–Crippen MR) is 57.8 cm³/mol. The molecule has 0 saturated carbocycles. The van der Waals surface area contributed by atoms with Crippen LogP contribution < -0.4 is 11.3 Å². The quantitative estimate of drug-likeness (QED) is 0.598. The second-order valence-corrected chi connectivity index (χ2v) is 4.14. The van der Waals surface area contributed by atoms with Crippen LogP contribution in [-0.2, 0) is 4.74 Å². The van der Waals surface area contributed by atoms with Crippen LogP contribution in [-0.4, -0.2) is 17.7 Å². The van der Waals surface area contributed by atoms with Crippen LogP contribution in [0, 0.1) is 11.7 Å². The van der Waals surface area contributed by atoms with Crippen LogP contribution in [0.3, 0.4) is 0 Å². The highest BCUT2D eigenvalue weighted by molar-refractivity contribution is 5.19. The Kier molecular flexibility index (Phi) is 3.48. The molecule has 5 heteroatoms. The number of nitrogens with two attached hydrogens (primary N) is 1. The Hall–Kier alpha value is -1.04. The van der Waals surface area contributed by atoms with Crippen LogP contribution in [0.1, 0.15) is 24.9 Å². The van der Waals surface area contributed by atoms with E-state index in [1.54, 1.807) is 12.3 Å². The molecular formula is C11H16FN3O. The van der Waals surface area contributed by atoms with Crippen LogP contribution >= 0.6 is 0 Å². The molecule has 1 fully saturated rings. The number of ether oxygens (including phenoxy) is 1. The maximum atomic E-state index is 13.6. The zero-order valence-corrected chi connectivity index (χ0v) is 9.19. The average Bonchev–Trinajstić information content (AvgIpc) is 2.69. The zero-order chi connectivity index (χ0) is 11.5. The fourth-order valence-corrected chi connectivity index (χ4v) is 2.14. The number of aromatic nitrogens is 1. The molecule has 0 spiro atoms. The van der Waals surface area contributed by atoms with Gasteiger partial charge in [-0.3, -0.25) is 16.3 Å². The number of rotatable bonds is 3. The van der Waals surface area contributed by atoms with Crippen molar-refractivity contribution >= 4 is 0 Å². The Balaban J connectivity index is 2.25. The van der Waals surface area contributed by atoms with Gasteiger partial charge in [0.1, 0.15) is 5.82 Å². The van der Waals surface area contributed by atoms with Crippen molar-refractivity contribution in [1.29, 1.82) is 0 Å². The van der Waals surface area contributed by atoms with Crippen LogP contribution in [0.4, 0.5) is 4.39 Å². The van der Waals surface area contributed by atoms with Crippen LogP contribution in [0.15, 0.2) is 18.5 Å². The van der Waals surface area contributed by atoms with Gasteiger partial charge in [-0.25, -0.2) is 4.39 Å². The molecule has 1 aliphatic heterocycles. The molecule has 0 aromatic carbocycles. The molecule has 0 radical (unpaired) electrons. The van der Waals surface area contributed by atoms with E-state index >= 15 is 0 Å². The first kappa shape index (κ1) is 11.4. The molecule has 0 bridgehead atoms. The van der Waals surface area contributed by atoms with Gasteiger partial charge >= 0.3 is 0 Å². The van der Waals surface area contributed by atoms with E-state index in [0.29, 0.717) is 18.1 Å². The van der Waals surface area contributed by atoms with E-state index in [-0.39, 0.29) is 18.0 Å². The molecule has 88 valence electrons. The SMILES string of the molecule is CC1CCOC1C(NN)c1ccncc1F. The molecule has 3 atom stereocenters. The average molecular weight is 225 g/mol. The summed E-state index contributed by atoms with van der Waals surface area (Å²) >= 11 is 0. The predicted octanol–water partition coefficient (Wildman–Crippen LogP) is 1.15. The fraction of sp³-hybridized carbons (Fsp3) is 0.545. The lowest BCUT2D eigenvalue weighted by Gasteiger charge is -2.25. The van der Waals surface area contributed by atoms with Gasteiger partial charge in [-0.2, -0.15) is 0 Å². The third kappa shape index (κ3) is 2.07. The number of hydrogen-bond donors (Lipinski definition) is 2. The number of nitrogens with zero attached hydrogens (tertiary/aromatic N) is 1. The van der Waals surface area contributed by atoms with E-state index in [4.69, 9.17) is 10.6 Å². The molecule has 3 N–H and O–H groups in total. The summed E-state index contributed by atoms with van der Waals surface area (Å²) in [5.41, 5.74) is 3.15. The molecule has 2 rings (SSSR count). The lowest BCUT2D eigenvalue weighted by Crippen LogP contribution is -2.39. The standard InChI is InChI=1S/C11H16FN3O/c1-7-3-5-16-11(7)10(15-13)8-2-4-14-6-9(8)12/h2,4,6-7,10-11,15H,3,5,13H2,1H3. The van der Waals surface area contributed by atoms with Crippen LogP contribution in [0.2, 0.25) is 0 Å². The third-order valence-corrected chi connectivity index (χ3v) is 3.09. The molecule has 1 aromatic heterocycles. The summed E-state index contributed by atoms with van der Waals surface area (Å²) < 4.78 is 19.2. The molecule has 3 unspecified atom stereocenters. The second kappa shape index (κ2) is 4.86. The molecule has 0 amide bonds. The first-order valence-electron chi connectivity index (χ1n) is 5.41. The summed E-state index contributed by atoms with van der Waals surface area (Å²) in [6, 6.07) is 1.31. The first-order chi connectivity index (χ1) is 7.74. The van der Waals surface area contributed by atoms with Crippen LogP contribution in [0.5, 0.6) is 0 Å². The summed E-state index contributed by atoms with van der Waals surface area (Å²) in [7, 11) is 0. The second-order valence-electron chi connectivity index (χ2n) is 4.14. The summed E-state index contributed by atoms with van der Waals surface area (Å²) in [4.78, 5) is 3.72. The van der Waals surface area contributed by atoms with Crippen molar-refractivity contribution in [3.05, 3.63) is 29.8 Å². The van der Waals surface area contributed by atoms with Gasteiger partial charge in [0.15, 0.2) is 0 Å². The van der Waals surface area contributed by atoms with Gasteiger partial charge in [-0.15, -0.1) is 0 Å². The maximum absolute atomic E-state index is 13.6. The fourth-order valence-electron chi connectivity index (χ4n) is 2.14. The Bertz CT molecular complexity index is 361. The lowest BCUT2D eigenvalue weighted by molar-refractivity contribution is 0.0596. The van der Waals surface area contributed by atoms with Gasteiger partial charge in [-0.1, -0.05) is 6.92 Å². The topological polar surface area (TPSA) is 60.2 Å². The van der Waals surface area contributed by atoms with E-state index in [9.17, 15) is 4.39 Å². The zero-order valence-electron chi connectivity index (χ0n) is 9.19. The van der Waals surface area contributed by atoms with Crippen molar-refractivity contribution in [2.45, 2.75) is 25.5 Å². The highest BCUT2D eigenvalue weighted by Crippen LogP contribution is 2.31. The molecule has 4 nitrogen and oxygen atoms in total. The number of halogens is 1. The van der Waals surface area contributed by atoms with Gasteiger partial charge in [0.25, 0.3) is 0 Å². The van der Waals surface area contributed by atoms with E-state index in [2.05, 4.69) is 17.3 Å². The summed E-state index contributed by atoms with van der Waals surface area (Å²) in [5, 5.41) is 0. The highest BCUT2D eigenvalue weighted by atomic mass is 19.1. The maximum Gasteiger partial charge on any atom is 0.146 e. The van der Waals surface area contributed by atoms with Gasteiger partial charge < -0.3 is 4.74 Å². The van der Waals surface area contributed by atoms with Gasteiger partial charge in [0.05, 0.1) is 18.3 Å². The normalized spacial score (nSPS) is 26.9. The summed E-state index contributed by atoms with van der Waals surface area (Å²) in [6.07, 6.45) is 3.65. The number of nitrogens with one attached hydrogen (secondary N) is 1. The summed E-state index contributed by atoms with van der Waals surface area (Å²) in [5.74, 6) is 5.51. The van der Waals surface area contributed by atoms with E-state index < -0.39 is 0 Å². The molecule has 1 aromatic rings. The van der Waals surface area contributed by atoms with E-state index in [0.717, 1.165) is 6.42 Å². The van der Waals surface area contributed by atoms with Crippen molar-refractivity contribution < 1.29 is 9.13 Å². The number of pyridine rings is 1. The lowest BCUT2D eigenvalue weighted by atomic mass is 9.93. The van der Waals surface area contributed by atoms with Crippen molar-refractivity contribution in [1.82, 2.24) is 10.4 Å². The number of hydrogen-bond acceptors (Lipinski definition) is 4.